The number of hydrogen-bond donors (Lipinski definition) is 5. The van der Waals surface area contributed by atoms with Gasteiger partial charge in [-0.15, -0.1) is 0 Å². The molecule has 23 heavy (non-hydrogen) atoms. The van der Waals surface area contributed by atoms with Crippen LogP contribution in [-0.4, -0.2) is 26.5 Å². The topological polar surface area (TPSA) is 89.8 Å². The summed E-state index contributed by atoms with van der Waals surface area (Å²) in [6.07, 6.45) is 0.914. The van der Waals surface area contributed by atoms with Crippen LogP contribution in [0.15, 0.2) is 0 Å². The summed E-state index contributed by atoms with van der Waals surface area (Å²) in [6, 6.07) is 0. The molecule has 0 aliphatic heterocycles. The number of nitrogens with one attached hydrogen (secondary N) is 1. The van der Waals surface area contributed by atoms with Crippen LogP contribution in [0.3, 0.4) is 0 Å². The molecule has 0 saturated carbocycles. The molecule has 0 radical (unpaired) electrons. The quantitative estimate of drug-likeness (QED) is 0.200. The molecule has 0 unspecified atom stereocenters. The van der Waals surface area contributed by atoms with Gasteiger partial charge in [-0.25, -0.2) is 0 Å². The van der Waals surface area contributed by atoms with Crippen LogP contribution < -0.4 is 5.32 Å². The van der Waals surface area contributed by atoms with Crippen molar-refractivity contribution in [2.24, 2.45) is 22.7 Å². The van der Waals surface area contributed by atoms with Crippen molar-refractivity contribution >= 4 is 18.8 Å². The Hall–Kier alpha value is -0.300. The summed E-state index contributed by atoms with van der Waals surface area (Å²) in [5, 5.41) is 15.3. The van der Waals surface area contributed by atoms with E-state index in [0.29, 0.717) is 11.8 Å². The molecule has 0 aromatic rings. The lowest BCUT2D eigenvalue weighted by Gasteiger charge is -2.46. The smallest absolute Gasteiger partial charge is 0.226 e. The number of amides is 1. The van der Waals surface area contributed by atoms with Crippen LogP contribution in [0.5, 0.6) is 0 Å². The largest absolute Gasteiger partial charge is 0.350 e. The van der Waals surface area contributed by atoms with Gasteiger partial charge in [0.05, 0.1) is 0 Å². The fourth-order valence-corrected chi connectivity index (χ4v) is 2.45. The van der Waals surface area contributed by atoms with E-state index in [2.05, 4.69) is 73.6 Å². The first kappa shape index (κ1) is 27.5. The second-order valence-corrected chi connectivity index (χ2v) is 8.44. The van der Waals surface area contributed by atoms with Gasteiger partial charge in [0.2, 0.25) is 5.91 Å². The summed E-state index contributed by atoms with van der Waals surface area (Å²) in [7, 11) is 0. The molecule has 0 spiro atoms. The van der Waals surface area contributed by atoms with Gasteiger partial charge in [0, 0.05) is 11.0 Å². The predicted octanol–water partition coefficient (Wildman–Crippen LogP) is 5.04. The maximum absolute atomic E-state index is 12.6. The standard InChI is InChI=1S/C17H35NO.H2O2.H2OS/c1-12(2)11-15(5,6)14(19)18-17(9,10)16(7,8)13(3)4;2*1-2/h12-13H,11H2,1-10H3,(H,18,19);2*1-2H. The maximum Gasteiger partial charge on any atom is 0.226 e. The molecule has 0 atom stereocenters. The molecule has 0 bridgehead atoms. The highest BCUT2D eigenvalue weighted by atomic mass is 32.1. The number of carbonyl (C=O) groups is 1. The highest BCUT2D eigenvalue weighted by Crippen LogP contribution is 2.38. The number of rotatable bonds is 6. The predicted molar refractivity (Wildman–Crippen MR) is 101 cm³/mol. The molecular formula is C17H39NO4S. The lowest BCUT2D eigenvalue weighted by Crippen LogP contribution is -2.58. The molecule has 1 amide bonds. The zero-order valence-electron chi connectivity index (χ0n) is 16.6. The van der Waals surface area contributed by atoms with E-state index in [-0.39, 0.29) is 22.3 Å². The Balaban J connectivity index is -0.000000919. The van der Waals surface area contributed by atoms with Gasteiger partial charge in [-0.2, -0.15) is 0 Å². The second-order valence-electron chi connectivity index (χ2n) is 8.44. The summed E-state index contributed by atoms with van der Waals surface area (Å²) in [4.78, 5) is 12.6. The molecule has 6 heteroatoms. The zero-order chi connectivity index (χ0) is 19.6. The van der Waals surface area contributed by atoms with Crippen molar-refractivity contribution in [1.82, 2.24) is 5.32 Å². The maximum atomic E-state index is 12.6. The third-order valence-corrected chi connectivity index (χ3v) is 5.01. The molecule has 0 aromatic heterocycles. The van der Waals surface area contributed by atoms with E-state index in [1.54, 1.807) is 0 Å². The fraction of sp³-hybridized carbons (Fsp3) is 0.941. The molecule has 0 aliphatic carbocycles. The minimum absolute atomic E-state index is 0.0522. The number of thiol groups is 1. The Morgan fingerprint density at radius 1 is 0.957 bits per heavy atom. The summed E-state index contributed by atoms with van der Waals surface area (Å²) < 4.78 is 6.69. The third-order valence-electron chi connectivity index (χ3n) is 5.01. The lowest BCUT2D eigenvalue weighted by molar-refractivity contribution is -0.176. The Morgan fingerprint density at radius 3 is 1.57 bits per heavy atom. The first-order valence-electron chi connectivity index (χ1n) is 7.96. The Morgan fingerprint density at radius 2 is 1.30 bits per heavy atom. The van der Waals surface area contributed by atoms with Gasteiger partial charge < -0.3 is 9.87 Å². The van der Waals surface area contributed by atoms with Crippen molar-refractivity contribution in [1.29, 1.82) is 0 Å². The van der Waals surface area contributed by atoms with Gasteiger partial charge in [0.15, 0.2) is 0 Å². The first-order chi connectivity index (χ1) is 10.2. The van der Waals surface area contributed by atoms with Crippen LogP contribution in [0.4, 0.5) is 0 Å². The highest BCUT2D eigenvalue weighted by molar-refractivity contribution is 7.74. The molecule has 4 N–H and O–H groups in total. The SMILES string of the molecule is CC(C)CC(C)(C)C(=O)NC(C)(C)C(C)(C)C(C)C.OO.OS. The molecule has 0 heterocycles. The number of carbonyl (C=O) groups excluding carboxylic acids is 1. The van der Waals surface area contributed by atoms with E-state index in [4.69, 9.17) is 15.1 Å². The van der Waals surface area contributed by atoms with Crippen LogP contribution >= 0.6 is 12.9 Å². The fourth-order valence-electron chi connectivity index (χ4n) is 2.45. The van der Waals surface area contributed by atoms with Crippen LogP contribution in [0, 0.1) is 22.7 Å². The Labute approximate surface area is 148 Å². The molecule has 0 aliphatic rings. The van der Waals surface area contributed by atoms with E-state index >= 15 is 0 Å². The summed E-state index contributed by atoms with van der Waals surface area (Å²) in [5.41, 5.74) is -0.471. The molecular weight excluding hydrogens is 314 g/mol. The minimum Gasteiger partial charge on any atom is -0.350 e. The van der Waals surface area contributed by atoms with E-state index in [1.807, 2.05) is 13.8 Å². The Bertz CT molecular complexity index is 327. The van der Waals surface area contributed by atoms with Crippen molar-refractivity contribution in [3.05, 3.63) is 0 Å². The van der Waals surface area contributed by atoms with Crippen molar-refractivity contribution in [3.63, 3.8) is 0 Å². The second kappa shape index (κ2) is 11.3. The van der Waals surface area contributed by atoms with E-state index in [1.165, 1.54) is 0 Å². The normalized spacial score (nSPS) is 12.2. The van der Waals surface area contributed by atoms with Gasteiger partial charge in [0.25, 0.3) is 0 Å². The van der Waals surface area contributed by atoms with Crippen LogP contribution in [0.2, 0.25) is 0 Å². The molecule has 5 nitrogen and oxygen atoms in total. The monoisotopic (exact) mass is 353 g/mol. The van der Waals surface area contributed by atoms with Gasteiger partial charge in [0.1, 0.15) is 0 Å². The molecule has 0 aromatic carbocycles. The average Bonchev–Trinajstić information content (AvgIpc) is 2.40. The molecule has 0 fully saturated rings. The van der Waals surface area contributed by atoms with Crippen LogP contribution in [-0.2, 0) is 4.79 Å². The minimum atomic E-state index is -0.307. The van der Waals surface area contributed by atoms with E-state index in [0.717, 1.165) is 6.42 Å². The van der Waals surface area contributed by atoms with Gasteiger partial charge in [-0.1, -0.05) is 55.4 Å². The lowest BCUT2D eigenvalue weighted by atomic mass is 9.66. The zero-order valence-corrected chi connectivity index (χ0v) is 17.5. The van der Waals surface area contributed by atoms with Crippen LogP contribution in [0.25, 0.3) is 0 Å². The third kappa shape index (κ3) is 8.94. The van der Waals surface area contributed by atoms with Crippen LogP contribution in [0.1, 0.15) is 75.7 Å². The summed E-state index contributed by atoms with van der Waals surface area (Å²) in [6.45, 7) is 21.6. The van der Waals surface area contributed by atoms with Crippen molar-refractivity contribution in [2.75, 3.05) is 0 Å². The van der Waals surface area contributed by atoms with Gasteiger partial charge in [-0.3, -0.25) is 15.3 Å². The highest BCUT2D eigenvalue weighted by Gasteiger charge is 2.42. The van der Waals surface area contributed by atoms with Crippen molar-refractivity contribution in [3.8, 4) is 0 Å². The Kier molecular flexibility index (Phi) is 13.5. The average molecular weight is 354 g/mol. The van der Waals surface area contributed by atoms with Crippen molar-refractivity contribution in [2.45, 2.75) is 81.2 Å². The summed E-state index contributed by atoms with van der Waals surface area (Å²) >= 11 is 2.53. The molecule has 0 saturated heterocycles. The van der Waals surface area contributed by atoms with E-state index < -0.39 is 0 Å². The van der Waals surface area contributed by atoms with Gasteiger partial charge in [-0.05, 0) is 50.4 Å². The molecule has 142 valence electrons. The van der Waals surface area contributed by atoms with E-state index in [9.17, 15) is 4.79 Å². The first-order valence-corrected chi connectivity index (χ1v) is 8.36. The number of hydrogen-bond acceptors (Lipinski definition) is 5. The molecule has 0 rings (SSSR count). The van der Waals surface area contributed by atoms with Crippen molar-refractivity contribution < 1.29 is 19.9 Å². The summed E-state index contributed by atoms with van der Waals surface area (Å²) in [5.74, 6) is 1.21. The van der Waals surface area contributed by atoms with Gasteiger partial charge >= 0.3 is 0 Å².